The molecule has 0 aliphatic carbocycles. The quantitative estimate of drug-likeness (QED) is 0.350. The molecule has 0 unspecified atom stereocenters. The Morgan fingerprint density at radius 2 is 1.76 bits per heavy atom. The van der Waals surface area contributed by atoms with Gasteiger partial charge in [-0.25, -0.2) is 0 Å². The molecule has 0 saturated heterocycles. The maximum absolute atomic E-state index is 12.0. The number of carbonyl (C=O) groups excluding carboxylic acids is 2. The van der Waals surface area contributed by atoms with Crippen LogP contribution in [0.2, 0.25) is 0 Å². The lowest BCUT2D eigenvalue weighted by atomic mass is 10.2. The van der Waals surface area contributed by atoms with Crippen LogP contribution < -0.4 is 20.7 Å². The van der Waals surface area contributed by atoms with Gasteiger partial charge in [-0.3, -0.25) is 14.9 Å². The number of hydrogen-bond acceptors (Lipinski definition) is 4. The predicted octanol–water partition coefficient (Wildman–Crippen LogP) is 3.75. The number of methoxy groups -OCH3 is 1. The zero-order valence-corrected chi connectivity index (χ0v) is 17.3. The van der Waals surface area contributed by atoms with Crippen LogP contribution in [0.15, 0.2) is 54.6 Å². The van der Waals surface area contributed by atoms with Crippen molar-refractivity contribution in [2.45, 2.75) is 19.8 Å². The maximum atomic E-state index is 12.0. The van der Waals surface area contributed by atoms with Crippen LogP contribution in [0, 0.1) is 0 Å². The normalized spacial score (nSPS) is 10.4. The zero-order chi connectivity index (χ0) is 21.1. The molecular weight excluding hydrogens is 386 g/mol. The van der Waals surface area contributed by atoms with Gasteiger partial charge in [0.2, 0.25) is 5.91 Å². The van der Waals surface area contributed by atoms with Gasteiger partial charge in [0.1, 0.15) is 5.75 Å². The lowest BCUT2D eigenvalue weighted by Crippen LogP contribution is -2.32. The van der Waals surface area contributed by atoms with Crippen LogP contribution in [-0.2, 0) is 4.79 Å². The van der Waals surface area contributed by atoms with E-state index in [9.17, 15) is 9.59 Å². The van der Waals surface area contributed by atoms with Crippen molar-refractivity contribution in [2.24, 2.45) is 0 Å². The van der Waals surface area contributed by atoms with Gasteiger partial charge in [0.15, 0.2) is 5.11 Å². The minimum atomic E-state index is -0.342. The van der Waals surface area contributed by atoms with E-state index >= 15 is 0 Å². The third kappa shape index (κ3) is 7.75. The van der Waals surface area contributed by atoms with Crippen LogP contribution in [-0.4, -0.2) is 30.6 Å². The molecule has 0 radical (unpaired) electrons. The Balaban J connectivity index is 1.82. The van der Waals surface area contributed by atoms with Crippen molar-refractivity contribution in [2.75, 3.05) is 19.0 Å². The van der Waals surface area contributed by atoms with Gasteiger partial charge < -0.3 is 15.4 Å². The first-order valence-corrected chi connectivity index (χ1v) is 9.75. The van der Waals surface area contributed by atoms with Gasteiger partial charge in [-0.15, -0.1) is 0 Å². The summed E-state index contributed by atoms with van der Waals surface area (Å²) in [7, 11) is 1.60. The molecule has 0 heterocycles. The van der Waals surface area contributed by atoms with E-state index in [4.69, 9.17) is 17.0 Å². The molecule has 7 heteroatoms. The molecule has 3 N–H and O–H groups in total. The summed E-state index contributed by atoms with van der Waals surface area (Å²) in [6.45, 7) is 2.73. The molecular formula is C22H25N3O3S. The minimum absolute atomic E-state index is 0.107. The fourth-order valence-corrected chi connectivity index (χ4v) is 2.61. The molecule has 0 fully saturated rings. The first-order valence-electron chi connectivity index (χ1n) is 9.34. The summed E-state index contributed by atoms with van der Waals surface area (Å²) >= 11 is 5.16. The van der Waals surface area contributed by atoms with Crippen molar-refractivity contribution in [3.05, 3.63) is 65.7 Å². The first-order chi connectivity index (χ1) is 14.0. The topological polar surface area (TPSA) is 79.5 Å². The molecule has 2 aromatic rings. The third-order valence-corrected chi connectivity index (χ3v) is 4.20. The van der Waals surface area contributed by atoms with Crippen molar-refractivity contribution >= 4 is 40.9 Å². The Morgan fingerprint density at radius 3 is 2.38 bits per heavy atom. The number of unbranched alkanes of at least 4 members (excludes halogenated alkanes) is 1. The smallest absolute Gasteiger partial charge is 0.251 e. The first kappa shape index (κ1) is 22.1. The van der Waals surface area contributed by atoms with Crippen LogP contribution in [0.1, 0.15) is 35.7 Å². The third-order valence-electron chi connectivity index (χ3n) is 4.00. The van der Waals surface area contributed by atoms with E-state index < -0.39 is 0 Å². The fourth-order valence-electron chi connectivity index (χ4n) is 2.39. The van der Waals surface area contributed by atoms with Crippen LogP contribution in [0.5, 0.6) is 5.75 Å². The fraction of sp³-hybridized carbons (Fsp3) is 0.227. The molecule has 0 bridgehead atoms. The Morgan fingerprint density at radius 1 is 1.07 bits per heavy atom. The van der Waals surface area contributed by atoms with Crippen LogP contribution >= 0.6 is 12.2 Å². The molecule has 0 aromatic heterocycles. The minimum Gasteiger partial charge on any atom is -0.497 e. The van der Waals surface area contributed by atoms with Crippen molar-refractivity contribution in [3.8, 4) is 5.75 Å². The second-order valence-corrected chi connectivity index (χ2v) is 6.64. The van der Waals surface area contributed by atoms with E-state index in [1.807, 2.05) is 24.3 Å². The summed E-state index contributed by atoms with van der Waals surface area (Å²) in [5.74, 6) is 0.302. The molecule has 0 spiro atoms. The summed E-state index contributed by atoms with van der Waals surface area (Å²) in [5, 5.41) is 8.54. The molecule has 0 atom stereocenters. The number of thiocarbonyl (C=S) groups is 1. The van der Waals surface area contributed by atoms with Gasteiger partial charge in [0.05, 0.1) is 7.11 Å². The number of benzene rings is 2. The molecule has 0 aliphatic heterocycles. The second-order valence-electron chi connectivity index (χ2n) is 6.24. The molecule has 0 aliphatic rings. The van der Waals surface area contributed by atoms with Crippen molar-refractivity contribution in [3.63, 3.8) is 0 Å². The highest BCUT2D eigenvalue weighted by Gasteiger charge is 2.06. The summed E-state index contributed by atoms with van der Waals surface area (Å²) < 4.78 is 5.10. The highest BCUT2D eigenvalue weighted by atomic mass is 32.1. The monoisotopic (exact) mass is 411 g/mol. The summed E-state index contributed by atoms with van der Waals surface area (Å²) in [4.78, 5) is 24.0. The van der Waals surface area contributed by atoms with Crippen molar-refractivity contribution in [1.82, 2.24) is 10.6 Å². The maximum Gasteiger partial charge on any atom is 0.251 e. The Kier molecular flexibility index (Phi) is 8.85. The number of ether oxygens (including phenoxy) is 1. The summed E-state index contributed by atoms with van der Waals surface area (Å²) in [6.07, 6.45) is 5.07. The highest BCUT2D eigenvalue weighted by Crippen LogP contribution is 2.12. The number of rotatable bonds is 8. The van der Waals surface area contributed by atoms with E-state index in [-0.39, 0.29) is 16.9 Å². The van der Waals surface area contributed by atoms with Gasteiger partial charge in [-0.2, -0.15) is 0 Å². The van der Waals surface area contributed by atoms with Crippen LogP contribution in [0.4, 0.5) is 5.69 Å². The number of anilines is 1. The Labute approximate surface area is 176 Å². The average molecular weight is 412 g/mol. The van der Waals surface area contributed by atoms with Crippen LogP contribution in [0.3, 0.4) is 0 Å². The van der Waals surface area contributed by atoms with Crippen molar-refractivity contribution < 1.29 is 14.3 Å². The summed E-state index contributed by atoms with van der Waals surface area (Å²) in [6, 6.07) is 14.2. The average Bonchev–Trinajstić information content (AvgIpc) is 2.73. The van der Waals surface area contributed by atoms with E-state index in [0.29, 0.717) is 17.8 Å². The lowest BCUT2D eigenvalue weighted by Gasteiger charge is -2.09. The standard InChI is InChI=1S/C22H25N3O3S/c1-3-4-15-23-21(27)17-8-10-18(11-9-17)24-22(29)25-20(26)14-7-16-5-12-19(28-2)13-6-16/h5-14H,3-4,15H2,1-2H3,(H,23,27)(H2,24,25,26,29)/b14-7+. The van der Waals surface area contributed by atoms with E-state index in [1.54, 1.807) is 37.5 Å². The number of hydrogen-bond donors (Lipinski definition) is 3. The van der Waals surface area contributed by atoms with Gasteiger partial charge >= 0.3 is 0 Å². The van der Waals surface area contributed by atoms with Gasteiger partial charge in [-0.05, 0) is 66.7 Å². The molecule has 2 rings (SSSR count). The van der Waals surface area contributed by atoms with Gasteiger partial charge in [-0.1, -0.05) is 25.5 Å². The van der Waals surface area contributed by atoms with Crippen molar-refractivity contribution in [1.29, 1.82) is 0 Å². The Hall–Kier alpha value is -3.19. The summed E-state index contributed by atoms with van der Waals surface area (Å²) in [5.41, 5.74) is 2.12. The largest absolute Gasteiger partial charge is 0.497 e. The number of nitrogens with one attached hydrogen (secondary N) is 3. The number of amides is 2. The second kappa shape index (κ2) is 11.6. The van der Waals surface area contributed by atoms with Crippen LogP contribution in [0.25, 0.3) is 6.08 Å². The van der Waals surface area contributed by atoms with Gasteiger partial charge in [0.25, 0.3) is 5.91 Å². The molecule has 0 saturated carbocycles. The predicted molar refractivity (Wildman–Crippen MR) is 120 cm³/mol. The van der Waals surface area contributed by atoms with E-state index in [0.717, 1.165) is 24.2 Å². The van der Waals surface area contributed by atoms with E-state index in [1.165, 1.54) is 6.08 Å². The SMILES string of the molecule is CCCCNC(=O)c1ccc(NC(=S)NC(=O)/C=C/c2ccc(OC)cc2)cc1. The lowest BCUT2D eigenvalue weighted by molar-refractivity contribution is -0.115. The highest BCUT2D eigenvalue weighted by molar-refractivity contribution is 7.80. The Bertz CT molecular complexity index is 862. The molecule has 6 nitrogen and oxygen atoms in total. The van der Waals surface area contributed by atoms with E-state index in [2.05, 4.69) is 22.9 Å². The molecule has 152 valence electrons. The molecule has 29 heavy (non-hydrogen) atoms. The molecule has 2 amide bonds. The zero-order valence-electron chi connectivity index (χ0n) is 16.5. The van der Waals surface area contributed by atoms with Gasteiger partial charge in [0, 0.05) is 23.9 Å². The molecule has 2 aromatic carbocycles. The number of carbonyl (C=O) groups is 2.